The van der Waals surface area contributed by atoms with Gasteiger partial charge in [-0.2, -0.15) is 0 Å². The average Bonchev–Trinajstić information content (AvgIpc) is 2.98. The smallest absolute Gasteiger partial charge is 0.0282 e. The summed E-state index contributed by atoms with van der Waals surface area (Å²) in [4.78, 5) is 0. The molecule has 0 spiro atoms. The Balaban J connectivity index is 1.77. The van der Waals surface area contributed by atoms with Gasteiger partial charge in [0.2, 0.25) is 0 Å². The highest BCUT2D eigenvalue weighted by molar-refractivity contribution is 5.22. The summed E-state index contributed by atoms with van der Waals surface area (Å²) >= 11 is 0. The molecule has 0 atom stereocenters. The predicted molar refractivity (Wildman–Crippen MR) is 63.7 cm³/mol. The van der Waals surface area contributed by atoms with Crippen LogP contribution in [0.5, 0.6) is 0 Å². The van der Waals surface area contributed by atoms with Crippen LogP contribution in [0, 0.1) is 0 Å². The number of rotatable bonds is 5. The topological polar surface area (TPSA) is 38.0 Å². The lowest BCUT2D eigenvalue weighted by molar-refractivity contribution is 0.569. The molecule has 0 unspecified atom stereocenters. The lowest BCUT2D eigenvalue weighted by atomic mass is 10.1. The Labute approximate surface area is 91.9 Å². The summed E-state index contributed by atoms with van der Waals surface area (Å²) in [5.41, 5.74) is 8.85. The maximum atomic E-state index is 5.99. The van der Waals surface area contributed by atoms with Crippen LogP contribution < -0.4 is 11.1 Å². The van der Waals surface area contributed by atoms with Crippen LogP contribution in [-0.2, 0) is 13.0 Å². The van der Waals surface area contributed by atoms with Crippen LogP contribution in [0.25, 0.3) is 0 Å². The summed E-state index contributed by atoms with van der Waals surface area (Å²) < 4.78 is 0. The largest absolute Gasteiger partial charge is 0.324 e. The van der Waals surface area contributed by atoms with Crippen molar-refractivity contribution in [2.45, 2.75) is 38.3 Å². The molecular weight excluding hydrogens is 184 g/mol. The van der Waals surface area contributed by atoms with Crippen molar-refractivity contribution in [2.24, 2.45) is 5.73 Å². The molecule has 0 heterocycles. The molecule has 3 N–H and O–H groups in total. The predicted octanol–water partition coefficient (Wildman–Crippen LogP) is 1.83. The van der Waals surface area contributed by atoms with Crippen LogP contribution in [-0.4, -0.2) is 12.1 Å². The zero-order valence-electron chi connectivity index (χ0n) is 9.42. The van der Waals surface area contributed by atoms with Crippen LogP contribution in [0.4, 0.5) is 0 Å². The number of nitrogens with two attached hydrogens (primary N) is 1. The van der Waals surface area contributed by atoms with E-state index in [9.17, 15) is 0 Å². The van der Waals surface area contributed by atoms with Crippen molar-refractivity contribution < 1.29 is 0 Å². The molecule has 2 nitrogen and oxygen atoms in total. The van der Waals surface area contributed by atoms with Crippen molar-refractivity contribution in [2.75, 3.05) is 6.54 Å². The maximum Gasteiger partial charge on any atom is 0.0282 e. The fraction of sp³-hybridized carbons (Fsp3) is 0.538. The molecule has 1 aliphatic rings. The standard InChI is InChI=1S/C13H20N2/c1-2-11-3-5-12(6-4-11)9-15-10-13(14)7-8-13/h3-6,15H,2,7-10,14H2,1H3. The minimum Gasteiger partial charge on any atom is -0.324 e. The molecule has 2 rings (SSSR count). The molecule has 0 amide bonds. The van der Waals surface area contributed by atoms with E-state index in [2.05, 4.69) is 36.5 Å². The third-order valence-electron chi connectivity index (χ3n) is 3.13. The molecule has 82 valence electrons. The third-order valence-corrected chi connectivity index (χ3v) is 3.13. The van der Waals surface area contributed by atoms with Gasteiger partial charge in [-0.1, -0.05) is 31.2 Å². The van der Waals surface area contributed by atoms with Crippen molar-refractivity contribution in [3.63, 3.8) is 0 Å². The van der Waals surface area contributed by atoms with E-state index < -0.39 is 0 Å². The van der Waals surface area contributed by atoms with Gasteiger partial charge in [-0.05, 0) is 30.4 Å². The van der Waals surface area contributed by atoms with Crippen LogP contribution in [0.15, 0.2) is 24.3 Å². The van der Waals surface area contributed by atoms with E-state index in [0.717, 1.165) is 19.5 Å². The van der Waals surface area contributed by atoms with Crippen LogP contribution in [0.2, 0.25) is 0 Å². The number of hydrogen-bond donors (Lipinski definition) is 2. The molecule has 0 aliphatic heterocycles. The summed E-state index contributed by atoms with van der Waals surface area (Å²) in [7, 11) is 0. The average molecular weight is 204 g/mol. The first kappa shape index (κ1) is 10.7. The van der Waals surface area contributed by atoms with Gasteiger partial charge in [0.05, 0.1) is 0 Å². The van der Waals surface area contributed by atoms with E-state index in [1.165, 1.54) is 24.0 Å². The van der Waals surface area contributed by atoms with Gasteiger partial charge in [0.1, 0.15) is 0 Å². The Bertz CT molecular complexity index is 312. The van der Waals surface area contributed by atoms with E-state index in [1.54, 1.807) is 0 Å². The van der Waals surface area contributed by atoms with Crippen molar-refractivity contribution in [1.82, 2.24) is 5.32 Å². The Hall–Kier alpha value is -0.860. The molecule has 1 aromatic carbocycles. The van der Waals surface area contributed by atoms with Crippen molar-refractivity contribution in [3.05, 3.63) is 35.4 Å². The number of nitrogens with one attached hydrogen (secondary N) is 1. The van der Waals surface area contributed by atoms with Crippen LogP contribution in [0.3, 0.4) is 0 Å². The second-order valence-electron chi connectivity index (χ2n) is 4.64. The molecule has 0 bridgehead atoms. The van der Waals surface area contributed by atoms with Crippen molar-refractivity contribution >= 4 is 0 Å². The maximum absolute atomic E-state index is 5.99. The van der Waals surface area contributed by atoms with Crippen molar-refractivity contribution in [1.29, 1.82) is 0 Å². The number of hydrogen-bond acceptors (Lipinski definition) is 2. The van der Waals surface area contributed by atoms with Gasteiger partial charge in [0.25, 0.3) is 0 Å². The van der Waals surface area contributed by atoms with E-state index in [-0.39, 0.29) is 5.54 Å². The van der Waals surface area contributed by atoms with Gasteiger partial charge in [-0.3, -0.25) is 0 Å². The SMILES string of the molecule is CCc1ccc(CNCC2(N)CC2)cc1. The first-order valence-electron chi connectivity index (χ1n) is 5.79. The van der Waals surface area contributed by atoms with Gasteiger partial charge in [0, 0.05) is 18.6 Å². The van der Waals surface area contributed by atoms with Gasteiger partial charge in [0.15, 0.2) is 0 Å². The number of aryl methyl sites for hydroxylation is 1. The Kier molecular flexibility index (Phi) is 3.08. The second kappa shape index (κ2) is 4.33. The van der Waals surface area contributed by atoms with Gasteiger partial charge in [-0.15, -0.1) is 0 Å². The highest BCUT2D eigenvalue weighted by Crippen LogP contribution is 2.30. The Morgan fingerprint density at radius 1 is 1.20 bits per heavy atom. The summed E-state index contributed by atoms with van der Waals surface area (Å²) in [6.45, 7) is 4.06. The summed E-state index contributed by atoms with van der Waals surface area (Å²) in [5, 5.41) is 3.42. The lowest BCUT2D eigenvalue weighted by Gasteiger charge is -2.10. The molecule has 1 saturated carbocycles. The van der Waals surface area contributed by atoms with Gasteiger partial charge >= 0.3 is 0 Å². The normalized spacial score (nSPS) is 17.7. The van der Waals surface area contributed by atoms with E-state index in [0.29, 0.717) is 0 Å². The van der Waals surface area contributed by atoms with E-state index in [4.69, 9.17) is 5.73 Å². The molecule has 0 radical (unpaired) electrons. The molecule has 1 aliphatic carbocycles. The molecule has 1 aromatic rings. The van der Waals surface area contributed by atoms with E-state index in [1.807, 2.05) is 0 Å². The van der Waals surface area contributed by atoms with Gasteiger partial charge < -0.3 is 11.1 Å². The highest BCUT2D eigenvalue weighted by Gasteiger charge is 2.37. The van der Waals surface area contributed by atoms with Gasteiger partial charge in [-0.25, -0.2) is 0 Å². The molecule has 2 heteroatoms. The monoisotopic (exact) mass is 204 g/mol. The Morgan fingerprint density at radius 3 is 2.33 bits per heavy atom. The minimum atomic E-state index is 0.114. The molecule has 1 fully saturated rings. The zero-order chi connectivity index (χ0) is 10.7. The Morgan fingerprint density at radius 2 is 1.80 bits per heavy atom. The highest BCUT2D eigenvalue weighted by atomic mass is 15.0. The fourth-order valence-corrected chi connectivity index (χ4v) is 1.69. The fourth-order valence-electron chi connectivity index (χ4n) is 1.69. The molecule has 0 saturated heterocycles. The second-order valence-corrected chi connectivity index (χ2v) is 4.64. The van der Waals surface area contributed by atoms with Crippen LogP contribution in [0.1, 0.15) is 30.9 Å². The minimum absolute atomic E-state index is 0.114. The summed E-state index contributed by atoms with van der Waals surface area (Å²) in [6.07, 6.45) is 3.46. The van der Waals surface area contributed by atoms with E-state index >= 15 is 0 Å². The molecular formula is C13H20N2. The zero-order valence-corrected chi connectivity index (χ0v) is 9.42. The first-order valence-corrected chi connectivity index (χ1v) is 5.79. The van der Waals surface area contributed by atoms with Crippen LogP contribution >= 0.6 is 0 Å². The first-order chi connectivity index (χ1) is 7.22. The third kappa shape index (κ3) is 3.05. The van der Waals surface area contributed by atoms with Crippen molar-refractivity contribution in [3.8, 4) is 0 Å². The number of benzene rings is 1. The summed E-state index contributed by atoms with van der Waals surface area (Å²) in [5.74, 6) is 0. The lowest BCUT2D eigenvalue weighted by Crippen LogP contribution is -2.35. The molecule has 15 heavy (non-hydrogen) atoms. The summed E-state index contributed by atoms with van der Waals surface area (Å²) in [6, 6.07) is 8.79. The quantitative estimate of drug-likeness (QED) is 0.768. The molecule has 0 aromatic heterocycles.